The maximum atomic E-state index is 6.57. The fraction of sp³-hybridized carbons (Fsp3) is 0. The lowest BCUT2D eigenvalue weighted by Gasteiger charge is -2.16. The van der Waals surface area contributed by atoms with Gasteiger partial charge in [-0.1, -0.05) is 146 Å². The van der Waals surface area contributed by atoms with Gasteiger partial charge in [0.25, 0.3) is 0 Å². The standard InChI is InChI=1S/C50H31N3O/c1-3-14-33(15-4-1)46-47-38-20-7-9-22-41(38)51-49(40(47)31-45-48(46)39-21-8-12-25-44(39)54-45)34-28-26-32(27-29-34)36-18-13-19-37(30-36)53-43-24-11-10-23-42(43)52-50(53)35-16-5-2-6-17-35/h1-31H. The van der Waals surface area contributed by atoms with Crippen molar-refractivity contribution in [1.82, 2.24) is 14.5 Å². The average Bonchev–Trinajstić information content (AvgIpc) is 3.82. The van der Waals surface area contributed by atoms with Crippen LogP contribution in [0.3, 0.4) is 0 Å². The van der Waals surface area contributed by atoms with Crippen molar-refractivity contribution in [3.05, 3.63) is 188 Å². The van der Waals surface area contributed by atoms with E-state index in [1.807, 2.05) is 18.2 Å². The molecule has 0 radical (unpaired) electrons. The summed E-state index contributed by atoms with van der Waals surface area (Å²) >= 11 is 0. The number of para-hydroxylation sites is 4. The summed E-state index contributed by atoms with van der Waals surface area (Å²) in [7, 11) is 0. The molecule has 0 amide bonds. The van der Waals surface area contributed by atoms with Gasteiger partial charge in [-0.2, -0.15) is 0 Å². The van der Waals surface area contributed by atoms with E-state index in [9.17, 15) is 0 Å². The summed E-state index contributed by atoms with van der Waals surface area (Å²) in [6, 6.07) is 66.0. The minimum Gasteiger partial charge on any atom is -0.456 e. The van der Waals surface area contributed by atoms with Crippen molar-refractivity contribution in [3.63, 3.8) is 0 Å². The van der Waals surface area contributed by atoms with E-state index in [0.29, 0.717) is 0 Å². The van der Waals surface area contributed by atoms with Crippen LogP contribution < -0.4 is 0 Å². The zero-order valence-electron chi connectivity index (χ0n) is 29.1. The molecule has 0 spiro atoms. The third-order valence-corrected chi connectivity index (χ3v) is 10.6. The molecule has 0 saturated carbocycles. The molecule has 0 N–H and O–H groups in total. The second kappa shape index (κ2) is 12.1. The van der Waals surface area contributed by atoms with E-state index in [1.165, 1.54) is 10.9 Å². The van der Waals surface area contributed by atoms with Crippen LogP contribution in [0.5, 0.6) is 0 Å². The lowest BCUT2D eigenvalue weighted by atomic mass is 9.89. The number of benzene rings is 8. The summed E-state index contributed by atoms with van der Waals surface area (Å²) in [5.74, 6) is 0.923. The zero-order valence-corrected chi connectivity index (χ0v) is 29.1. The van der Waals surface area contributed by atoms with E-state index in [4.69, 9.17) is 14.4 Å². The van der Waals surface area contributed by atoms with Gasteiger partial charge in [-0.25, -0.2) is 9.97 Å². The molecule has 11 aromatic rings. The molecule has 8 aromatic carbocycles. The Bertz CT molecular complexity index is 3200. The van der Waals surface area contributed by atoms with E-state index in [0.717, 1.165) is 94.3 Å². The van der Waals surface area contributed by atoms with Crippen molar-refractivity contribution >= 4 is 54.6 Å². The van der Waals surface area contributed by atoms with E-state index in [2.05, 4.69) is 174 Å². The Morgan fingerprint density at radius 3 is 1.85 bits per heavy atom. The number of hydrogen-bond acceptors (Lipinski definition) is 3. The van der Waals surface area contributed by atoms with Gasteiger partial charge >= 0.3 is 0 Å². The van der Waals surface area contributed by atoms with Crippen LogP contribution in [0.2, 0.25) is 0 Å². The Morgan fingerprint density at radius 2 is 1.04 bits per heavy atom. The Hall–Kier alpha value is -7.30. The fourth-order valence-corrected chi connectivity index (χ4v) is 8.14. The maximum absolute atomic E-state index is 6.57. The highest BCUT2D eigenvalue weighted by Crippen LogP contribution is 2.46. The number of rotatable bonds is 5. The summed E-state index contributed by atoms with van der Waals surface area (Å²) in [4.78, 5) is 10.4. The van der Waals surface area contributed by atoms with Crippen LogP contribution in [0.25, 0.3) is 105 Å². The molecule has 0 fully saturated rings. The average molecular weight is 690 g/mol. The van der Waals surface area contributed by atoms with Crippen molar-refractivity contribution in [2.24, 2.45) is 0 Å². The number of aromatic nitrogens is 3. The van der Waals surface area contributed by atoms with Gasteiger partial charge in [-0.05, 0) is 59.2 Å². The minimum absolute atomic E-state index is 0.858. The first-order valence-electron chi connectivity index (χ1n) is 18.2. The quantitative estimate of drug-likeness (QED) is 0.169. The monoisotopic (exact) mass is 689 g/mol. The molecule has 0 aliphatic carbocycles. The normalized spacial score (nSPS) is 11.7. The minimum atomic E-state index is 0.858. The first-order chi connectivity index (χ1) is 26.8. The van der Waals surface area contributed by atoms with Crippen molar-refractivity contribution in [1.29, 1.82) is 0 Å². The van der Waals surface area contributed by atoms with Crippen LogP contribution in [0, 0.1) is 0 Å². The van der Waals surface area contributed by atoms with Crippen molar-refractivity contribution in [3.8, 4) is 50.6 Å². The SMILES string of the molecule is c1ccc(-c2c3c(cc4c(-c5ccc(-c6cccc(-n7c(-c8ccccc8)nc8ccccc87)c6)cc5)nc5ccccc5c24)oc2ccccc23)cc1. The molecule has 0 saturated heterocycles. The summed E-state index contributed by atoms with van der Waals surface area (Å²) in [5.41, 5.74) is 13.4. The van der Waals surface area contributed by atoms with Crippen molar-refractivity contribution < 1.29 is 4.42 Å². The lowest BCUT2D eigenvalue weighted by Crippen LogP contribution is -1.98. The number of fused-ring (bicyclic) bond motifs is 7. The van der Waals surface area contributed by atoms with Crippen LogP contribution in [0.15, 0.2) is 192 Å². The van der Waals surface area contributed by atoms with Crippen molar-refractivity contribution in [2.45, 2.75) is 0 Å². The van der Waals surface area contributed by atoms with Crippen LogP contribution in [0.1, 0.15) is 0 Å². The molecule has 11 rings (SSSR count). The van der Waals surface area contributed by atoms with E-state index < -0.39 is 0 Å². The Labute approximate surface area is 311 Å². The highest BCUT2D eigenvalue weighted by atomic mass is 16.3. The molecule has 0 unspecified atom stereocenters. The second-order valence-corrected chi connectivity index (χ2v) is 13.7. The highest BCUT2D eigenvalue weighted by Gasteiger charge is 2.22. The molecule has 4 nitrogen and oxygen atoms in total. The molecule has 3 aromatic heterocycles. The molecular formula is C50H31N3O. The molecule has 0 bridgehead atoms. The molecule has 0 aliphatic heterocycles. The van der Waals surface area contributed by atoms with Gasteiger partial charge in [0.15, 0.2) is 0 Å². The van der Waals surface area contributed by atoms with Gasteiger partial charge in [0.05, 0.1) is 22.2 Å². The van der Waals surface area contributed by atoms with Gasteiger partial charge in [0.2, 0.25) is 0 Å². The summed E-state index contributed by atoms with van der Waals surface area (Å²) in [5, 5.41) is 5.61. The van der Waals surface area contributed by atoms with Crippen LogP contribution in [-0.4, -0.2) is 14.5 Å². The number of nitrogens with zero attached hydrogens (tertiary/aromatic N) is 3. The highest BCUT2D eigenvalue weighted by molar-refractivity contribution is 6.27. The summed E-state index contributed by atoms with van der Waals surface area (Å²) in [6.07, 6.45) is 0. The smallest absolute Gasteiger partial charge is 0.145 e. The largest absolute Gasteiger partial charge is 0.456 e. The fourth-order valence-electron chi connectivity index (χ4n) is 8.14. The van der Waals surface area contributed by atoms with E-state index in [-0.39, 0.29) is 0 Å². The van der Waals surface area contributed by atoms with E-state index >= 15 is 0 Å². The van der Waals surface area contributed by atoms with Gasteiger partial charge < -0.3 is 4.42 Å². The first-order valence-corrected chi connectivity index (χ1v) is 18.2. The number of furan rings is 1. The second-order valence-electron chi connectivity index (χ2n) is 13.7. The predicted molar refractivity (Wildman–Crippen MR) is 223 cm³/mol. The van der Waals surface area contributed by atoms with Gasteiger partial charge in [0, 0.05) is 49.3 Å². The summed E-state index contributed by atoms with van der Waals surface area (Å²) < 4.78 is 8.83. The summed E-state index contributed by atoms with van der Waals surface area (Å²) in [6.45, 7) is 0. The van der Waals surface area contributed by atoms with Crippen LogP contribution in [0.4, 0.5) is 0 Å². The third-order valence-electron chi connectivity index (χ3n) is 10.6. The van der Waals surface area contributed by atoms with E-state index in [1.54, 1.807) is 0 Å². The molecule has 252 valence electrons. The molecule has 54 heavy (non-hydrogen) atoms. The topological polar surface area (TPSA) is 43.9 Å². The van der Waals surface area contributed by atoms with Gasteiger partial charge in [-0.3, -0.25) is 4.57 Å². The molecule has 4 heteroatoms. The Morgan fingerprint density at radius 1 is 0.389 bits per heavy atom. The predicted octanol–water partition coefficient (Wildman–Crippen LogP) is 13.3. The molecule has 3 heterocycles. The zero-order chi connectivity index (χ0) is 35.6. The number of hydrogen-bond donors (Lipinski definition) is 0. The van der Waals surface area contributed by atoms with Crippen LogP contribution in [-0.2, 0) is 0 Å². The molecule has 0 aliphatic rings. The maximum Gasteiger partial charge on any atom is 0.145 e. The van der Waals surface area contributed by atoms with Gasteiger partial charge in [-0.15, -0.1) is 0 Å². The number of imidazole rings is 1. The van der Waals surface area contributed by atoms with Crippen LogP contribution >= 0.6 is 0 Å². The third kappa shape index (κ3) is 4.78. The Balaban J connectivity index is 1.09. The first kappa shape index (κ1) is 30.3. The Kier molecular flexibility index (Phi) is 6.82. The lowest BCUT2D eigenvalue weighted by molar-refractivity contribution is 0.669. The molecular weight excluding hydrogens is 659 g/mol. The molecule has 0 atom stereocenters. The van der Waals surface area contributed by atoms with Crippen molar-refractivity contribution in [2.75, 3.05) is 0 Å². The van der Waals surface area contributed by atoms with Gasteiger partial charge in [0.1, 0.15) is 17.0 Å². The number of pyridine rings is 1.